The molecule has 0 radical (unpaired) electrons. The van der Waals surface area contributed by atoms with Gasteiger partial charge in [0.15, 0.2) is 0 Å². The van der Waals surface area contributed by atoms with Crippen LogP contribution in [0, 0.1) is 0 Å². The Hall–Kier alpha value is -8.74. The van der Waals surface area contributed by atoms with Crippen LogP contribution in [0.3, 0.4) is 0 Å². The molecular formula is C60H34BN3O2. The Kier molecular flexibility index (Phi) is 6.57. The van der Waals surface area contributed by atoms with E-state index in [1.807, 2.05) is 0 Å². The summed E-state index contributed by atoms with van der Waals surface area (Å²) in [6.07, 6.45) is 0. The van der Waals surface area contributed by atoms with E-state index in [4.69, 9.17) is 9.39 Å². The summed E-state index contributed by atoms with van der Waals surface area (Å²) < 4.78 is 21.5. The molecule has 0 N–H and O–H groups in total. The van der Waals surface area contributed by atoms with Crippen molar-refractivity contribution in [2.24, 2.45) is 0 Å². The van der Waals surface area contributed by atoms with Gasteiger partial charge in [0.05, 0.1) is 38.6 Å². The number of aromatic nitrogens is 3. The molecule has 14 aromatic rings. The lowest BCUT2D eigenvalue weighted by atomic mass is 9.50. The molecule has 0 saturated heterocycles. The van der Waals surface area contributed by atoms with Crippen LogP contribution >= 0.6 is 0 Å². The third-order valence-corrected chi connectivity index (χ3v) is 14.6. The quantitative estimate of drug-likeness (QED) is 0.166. The van der Waals surface area contributed by atoms with E-state index in [2.05, 4.69) is 220 Å². The Balaban J connectivity index is 0.911. The zero-order valence-electron chi connectivity index (χ0n) is 35.4. The fraction of sp³-hybridized carbons (Fsp3) is 0. The second-order valence-corrected chi connectivity index (χ2v) is 17.9. The van der Waals surface area contributed by atoms with Gasteiger partial charge in [-0.1, -0.05) is 127 Å². The summed E-state index contributed by atoms with van der Waals surface area (Å²) in [6, 6.07) is 74.9. The van der Waals surface area contributed by atoms with E-state index in [0.717, 1.165) is 67.3 Å². The third kappa shape index (κ3) is 4.40. The zero-order valence-corrected chi connectivity index (χ0v) is 35.4. The zero-order chi connectivity index (χ0) is 42.8. The van der Waals surface area contributed by atoms with Gasteiger partial charge in [-0.15, -0.1) is 0 Å². The molecule has 2 aliphatic heterocycles. The molecule has 0 amide bonds. The molecule has 6 heterocycles. The van der Waals surface area contributed by atoms with Crippen molar-refractivity contribution < 1.29 is 9.39 Å². The molecule has 0 spiro atoms. The van der Waals surface area contributed by atoms with E-state index in [1.54, 1.807) is 0 Å². The van der Waals surface area contributed by atoms with E-state index < -0.39 is 0 Å². The van der Waals surface area contributed by atoms with Gasteiger partial charge in [-0.3, -0.25) is 0 Å². The summed E-state index contributed by atoms with van der Waals surface area (Å²) in [7, 11) is 0. The van der Waals surface area contributed by atoms with Gasteiger partial charge in [-0.25, -0.2) is 0 Å². The summed E-state index contributed by atoms with van der Waals surface area (Å²) in [5.74, 6) is 2.48. The molecule has 0 saturated carbocycles. The summed E-state index contributed by atoms with van der Waals surface area (Å²) in [6.45, 7) is -0.335. The van der Waals surface area contributed by atoms with Crippen LogP contribution in [0.5, 0.6) is 17.2 Å². The summed E-state index contributed by atoms with van der Waals surface area (Å²) >= 11 is 0. The lowest BCUT2D eigenvalue weighted by Crippen LogP contribution is -2.53. The normalized spacial score (nSPS) is 13.1. The number of hydrogen-bond acceptors (Lipinski definition) is 2. The predicted octanol–water partition coefficient (Wildman–Crippen LogP) is 14.0. The van der Waals surface area contributed by atoms with Gasteiger partial charge in [0, 0.05) is 77.0 Å². The van der Waals surface area contributed by atoms with Gasteiger partial charge in [0.1, 0.15) is 17.2 Å². The van der Waals surface area contributed by atoms with Gasteiger partial charge in [0.25, 0.3) is 0 Å². The number of nitrogens with zero attached hydrogens (tertiary/aromatic N) is 3. The second kappa shape index (κ2) is 12.5. The summed E-state index contributed by atoms with van der Waals surface area (Å²) in [4.78, 5) is 0. The van der Waals surface area contributed by atoms with Crippen molar-refractivity contribution in [1.29, 1.82) is 0 Å². The predicted molar refractivity (Wildman–Crippen MR) is 273 cm³/mol. The number of fused-ring (bicyclic) bond motifs is 17. The lowest BCUT2D eigenvalue weighted by Gasteiger charge is -2.33. The standard InChI is InChI=1S/C60H34BN3O2/c1-7-22-49-39(16-1)40-17-2-8-23-50(40)62(49)37-15-13-14-35(30-37)36-31-45-43-20-6-12-27-54(43)66-61-48-29-28-38(33-55(48)65-56(32-36)58(45)61)63-51-24-9-3-18-41(51)46-34-47-42-19-4-10-25-52(42)64-53-26-11-5-21-44(53)57(59(46)63)60(47)64/h1-34H. The van der Waals surface area contributed by atoms with Crippen LogP contribution in [0.15, 0.2) is 206 Å². The minimum Gasteiger partial charge on any atom is -0.551 e. The largest absolute Gasteiger partial charge is 0.551 e. The van der Waals surface area contributed by atoms with Gasteiger partial charge >= 0.3 is 6.92 Å². The van der Waals surface area contributed by atoms with Crippen molar-refractivity contribution in [3.05, 3.63) is 206 Å². The highest BCUT2D eigenvalue weighted by molar-refractivity contribution is 6.84. The smallest absolute Gasteiger partial charge is 0.434 e. The molecule has 5 nitrogen and oxygen atoms in total. The van der Waals surface area contributed by atoms with Gasteiger partial charge in [0.2, 0.25) is 0 Å². The van der Waals surface area contributed by atoms with Crippen molar-refractivity contribution in [2.75, 3.05) is 0 Å². The highest BCUT2D eigenvalue weighted by Gasteiger charge is 2.41. The van der Waals surface area contributed by atoms with Crippen molar-refractivity contribution in [2.45, 2.75) is 0 Å². The molecule has 304 valence electrons. The van der Waals surface area contributed by atoms with Gasteiger partial charge < -0.3 is 22.9 Å². The molecule has 16 rings (SSSR count). The maximum absolute atomic E-state index is 7.21. The number of rotatable bonds is 3. The lowest BCUT2D eigenvalue weighted by molar-refractivity contribution is 0.479. The Morgan fingerprint density at radius 3 is 1.70 bits per heavy atom. The molecule has 66 heavy (non-hydrogen) atoms. The van der Waals surface area contributed by atoms with E-state index >= 15 is 0 Å². The van der Waals surface area contributed by atoms with E-state index in [-0.39, 0.29) is 6.92 Å². The molecular weight excluding hydrogens is 805 g/mol. The molecule has 4 aromatic heterocycles. The number of para-hydroxylation sites is 6. The number of hydrogen-bond donors (Lipinski definition) is 0. The van der Waals surface area contributed by atoms with Crippen LogP contribution in [0.1, 0.15) is 0 Å². The maximum Gasteiger partial charge on any atom is 0.434 e. The summed E-state index contributed by atoms with van der Waals surface area (Å²) in [5, 5.41) is 10.0. The van der Waals surface area contributed by atoms with Gasteiger partial charge in [-0.2, -0.15) is 0 Å². The first-order valence-corrected chi connectivity index (χ1v) is 22.7. The van der Waals surface area contributed by atoms with Crippen LogP contribution in [-0.4, -0.2) is 20.5 Å². The monoisotopic (exact) mass is 839 g/mol. The summed E-state index contributed by atoms with van der Waals surface area (Å²) in [5.41, 5.74) is 17.1. The average Bonchev–Trinajstić information content (AvgIpc) is 4.10. The van der Waals surface area contributed by atoms with E-state index in [0.29, 0.717) is 0 Å². The van der Waals surface area contributed by atoms with Crippen molar-refractivity contribution >= 4 is 99.5 Å². The highest BCUT2D eigenvalue weighted by atomic mass is 16.5. The molecule has 6 heteroatoms. The fourth-order valence-corrected chi connectivity index (χ4v) is 11.9. The first-order valence-electron chi connectivity index (χ1n) is 22.7. The van der Waals surface area contributed by atoms with E-state index in [9.17, 15) is 0 Å². The molecule has 10 aromatic carbocycles. The Morgan fingerprint density at radius 1 is 0.348 bits per heavy atom. The van der Waals surface area contributed by atoms with Crippen LogP contribution in [0.4, 0.5) is 0 Å². The third-order valence-electron chi connectivity index (χ3n) is 14.6. The first-order chi connectivity index (χ1) is 32.7. The fourth-order valence-electron chi connectivity index (χ4n) is 11.9. The topological polar surface area (TPSA) is 32.7 Å². The van der Waals surface area contributed by atoms with Gasteiger partial charge in [-0.05, 0) is 89.5 Å². The minimum absolute atomic E-state index is 0.335. The molecule has 0 unspecified atom stereocenters. The maximum atomic E-state index is 7.21. The first kappa shape index (κ1) is 34.7. The number of ether oxygens (including phenoxy) is 1. The van der Waals surface area contributed by atoms with Crippen LogP contribution in [-0.2, 0) is 0 Å². The van der Waals surface area contributed by atoms with Crippen molar-refractivity contribution in [1.82, 2.24) is 13.5 Å². The van der Waals surface area contributed by atoms with E-state index in [1.165, 1.54) is 76.2 Å². The van der Waals surface area contributed by atoms with Crippen molar-refractivity contribution in [3.8, 4) is 50.9 Å². The molecule has 2 aliphatic rings. The highest BCUT2D eigenvalue weighted by Crippen LogP contribution is 2.48. The Bertz CT molecular complexity index is 4390. The van der Waals surface area contributed by atoms with Crippen LogP contribution < -0.4 is 20.3 Å². The Morgan fingerprint density at radius 2 is 0.939 bits per heavy atom. The Labute approximate surface area is 377 Å². The molecule has 0 aliphatic carbocycles. The van der Waals surface area contributed by atoms with Crippen LogP contribution in [0.25, 0.3) is 115 Å². The van der Waals surface area contributed by atoms with Crippen molar-refractivity contribution in [3.63, 3.8) is 0 Å². The molecule has 0 bridgehead atoms. The molecule has 0 fully saturated rings. The second-order valence-electron chi connectivity index (χ2n) is 17.9. The average molecular weight is 840 g/mol. The minimum atomic E-state index is -0.335. The SMILES string of the molecule is c1cc(-c2cc3c4c(c2)-c2ccccc2OB4c2ccc(-n4c5ccccc5c5cc6c7ccccc7n7c8ccccc8c(c54)c67)cc2O3)cc(-n2c3ccccc3c3ccccc32)c1. The molecule has 0 atom stereocenters. The van der Waals surface area contributed by atoms with Crippen LogP contribution in [0.2, 0.25) is 0 Å². The number of benzene rings is 10.